The second kappa shape index (κ2) is 5.49. The molecule has 18 heavy (non-hydrogen) atoms. The van der Waals surface area contributed by atoms with E-state index < -0.39 is 8.32 Å². The number of hydrogen-bond donors (Lipinski definition) is 0. The topological polar surface area (TPSA) is 9.23 Å². The maximum Gasteiger partial charge on any atom is 0.191 e. The third-order valence-electron chi connectivity index (χ3n) is 4.58. The quantitative estimate of drug-likeness (QED) is 0.400. The van der Waals surface area contributed by atoms with Crippen LogP contribution in [0.3, 0.4) is 0 Å². The summed E-state index contributed by atoms with van der Waals surface area (Å²) in [6.07, 6.45) is 0. The van der Waals surface area contributed by atoms with Crippen LogP contribution in [0.2, 0.25) is 18.1 Å². The van der Waals surface area contributed by atoms with Crippen LogP contribution in [0.25, 0.3) is 0 Å². The lowest BCUT2D eigenvalue weighted by molar-refractivity contribution is 0.256. The molecule has 0 bridgehead atoms. The van der Waals surface area contributed by atoms with Gasteiger partial charge in [0, 0.05) is 29.7 Å². The van der Waals surface area contributed by atoms with E-state index in [1.54, 1.807) is 0 Å². The minimum Gasteiger partial charge on any atom is -0.416 e. The smallest absolute Gasteiger partial charge is 0.191 e. The van der Waals surface area contributed by atoms with Gasteiger partial charge in [-0.1, -0.05) is 52.6 Å². The van der Waals surface area contributed by atoms with Gasteiger partial charge in [0.1, 0.15) is 0 Å². The highest BCUT2D eigenvalue weighted by atomic mass is 79.9. The van der Waals surface area contributed by atoms with Crippen LogP contribution in [0.4, 0.5) is 0 Å². The van der Waals surface area contributed by atoms with E-state index in [4.69, 9.17) is 27.6 Å². The molecule has 0 aromatic carbocycles. The molecule has 1 fully saturated rings. The number of halogens is 4. The van der Waals surface area contributed by atoms with E-state index in [1.165, 1.54) is 0 Å². The highest BCUT2D eigenvalue weighted by Crippen LogP contribution is 2.72. The molecule has 0 aromatic heterocycles. The fraction of sp³-hybridized carbons (Fsp3) is 1.00. The first-order chi connectivity index (χ1) is 7.96. The summed E-state index contributed by atoms with van der Waals surface area (Å²) in [5.74, 6) is 1.41. The molecule has 1 rings (SSSR count). The molecule has 1 aliphatic rings. The Morgan fingerprint density at radius 3 is 1.89 bits per heavy atom. The van der Waals surface area contributed by atoms with Gasteiger partial charge in [0.2, 0.25) is 0 Å². The lowest BCUT2D eigenvalue weighted by atomic mass is 10.1. The van der Waals surface area contributed by atoms with Crippen LogP contribution in [-0.4, -0.2) is 29.9 Å². The zero-order valence-electron chi connectivity index (χ0n) is 11.6. The van der Waals surface area contributed by atoms with Crippen LogP contribution < -0.4 is 0 Å². The number of rotatable bonds is 5. The Bertz CT molecular complexity index is 312. The SMILES string of the molecule is CC(C)(C)[Si](C)(C)OCC1C(Br)(Br)C1(CCl)CCl. The highest BCUT2D eigenvalue weighted by molar-refractivity contribution is 9.25. The maximum absolute atomic E-state index is 6.27. The van der Waals surface area contributed by atoms with Crippen molar-refractivity contribution >= 4 is 63.4 Å². The molecular formula is C12H22Br2Cl2OSi. The molecule has 0 aliphatic heterocycles. The fourth-order valence-corrected chi connectivity index (χ4v) is 6.53. The Morgan fingerprint density at radius 2 is 1.61 bits per heavy atom. The standard InChI is InChI=1S/C12H22Br2Cl2OSi/c1-10(2,3)18(4,5)17-6-9-11(7-15,8-16)12(9,13)14/h9H,6-8H2,1-5H3. The summed E-state index contributed by atoms with van der Waals surface area (Å²) in [5.41, 5.74) is -0.0987. The van der Waals surface area contributed by atoms with E-state index in [2.05, 4.69) is 65.7 Å². The monoisotopic (exact) mass is 438 g/mol. The second-order valence-corrected chi connectivity index (χ2v) is 15.6. The van der Waals surface area contributed by atoms with E-state index in [1.807, 2.05) is 0 Å². The van der Waals surface area contributed by atoms with Crippen molar-refractivity contribution in [2.75, 3.05) is 18.4 Å². The molecule has 0 heterocycles. The summed E-state index contributed by atoms with van der Waals surface area (Å²) >= 11 is 19.6. The van der Waals surface area contributed by atoms with Gasteiger partial charge in [-0.2, -0.15) is 0 Å². The minimum atomic E-state index is -1.71. The van der Waals surface area contributed by atoms with Crippen molar-refractivity contribution in [1.29, 1.82) is 0 Å². The lowest BCUT2D eigenvalue weighted by Crippen LogP contribution is -2.41. The van der Waals surface area contributed by atoms with Crippen LogP contribution in [0.5, 0.6) is 0 Å². The van der Waals surface area contributed by atoms with Crippen LogP contribution in [0.15, 0.2) is 0 Å². The zero-order chi connectivity index (χ0) is 14.4. The van der Waals surface area contributed by atoms with Gasteiger partial charge in [-0.15, -0.1) is 23.2 Å². The van der Waals surface area contributed by atoms with Gasteiger partial charge in [0.15, 0.2) is 8.32 Å². The highest BCUT2D eigenvalue weighted by Gasteiger charge is 2.73. The van der Waals surface area contributed by atoms with Gasteiger partial charge in [0.25, 0.3) is 0 Å². The lowest BCUT2D eigenvalue weighted by Gasteiger charge is -2.36. The van der Waals surface area contributed by atoms with Crippen molar-refractivity contribution in [2.45, 2.75) is 42.1 Å². The van der Waals surface area contributed by atoms with E-state index in [9.17, 15) is 0 Å². The molecular weight excluding hydrogens is 419 g/mol. The molecule has 0 spiro atoms. The molecule has 1 atom stereocenters. The summed E-state index contributed by atoms with van der Waals surface area (Å²) in [4.78, 5) is 0. The Morgan fingerprint density at radius 1 is 1.17 bits per heavy atom. The molecule has 1 aliphatic carbocycles. The van der Waals surface area contributed by atoms with Crippen LogP contribution >= 0.6 is 55.1 Å². The second-order valence-electron chi connectivity index (χ2n) is 6.67. The van der Waals surface area contributed by atoms with Crippen LogP contribution in [-0.2, 0) is 4.43 Å². The Hall–Kier alpha value is 1.72. The van der Waals surface area contributed by atoms with Crippen LogP contribution in [0.1, 0.15) is 20.8 Å². The predicted octanol–water partition coefficient (Wildman–Crippen LogP) is 5.59. The average molecular weight is 441 g/mol. The molecule has 1 unspecified atom stereocenters. The molecule has 1 nitrogen and oxygen atoms in total. The summed E-state index contributed by atoms with van der Waals surface area (Å²) in [7, 11) is -1.71. The summed E-state index contributed by atoms with van der Waals surface area (Å²) in [6.45, 7) is 12.0. The molecule has 0 radical (unpaired) electrons. The van der Waals surface area contributed by atoms with Gasteiger partial charge < -0.3 is 4.43 Å². The van der Waals surface area contributed by atoms with E-state index >= 15 is 0 Å². The van der Waals surface area contributed by atoms with E-state index in [0.717, 1.165) is 0 Å². The number of hydrogen-bond acceptors (Lipinski definition) is 1. The first kappa shape index (κ1) is 17.8. The molecule has 0 amide bonds. The number of alkyl halides is 4. The maximum atomic E-state index is 6.27. The van der Waals surface area contributed by atoms with Gasteiger partial charge in [-0.05, 0) is 18.1 Å². The molecule has 0 N–H and O–H groups in total. The first-order valence-corrected chi connectivity index (χ1v) is 11.7. The van der Waals surface area contributed by atoms with Crippen molar-refractivity contribution in [3.8, 4) is 0 Å². The van der Waals surface area contributed by atoms with Gasteiger partial charge in [-0.25, -0.2) is 0 Å². The summed E-state index contributed by atoms with van der Waals surface area (Å²) in [5, 5.41) is 0.230. The van der Waals surface area contributed by atoms with Crippen molar-refractivity contribution in [1.82, 2.24) is 0 Å². The summed E-state index contributed by atoms with van der Waals surface area (Å²) < 4.78 is 6.11. The summed E-state index contributed by atoms with van der Waals surface area (Å²) in [6, 6.07) is 0. The first-order valence-electron chi connectivity index (χ1n) is 6.10. The van der Waals surface area contributed by atoms with Gasteiger partial charge in [0.05, 0.1) is 3.23 Å². The Kier molecular flexibility index (Phi) is 5.42. The third kappa shape index (κ3) is 2.84. The third-order valence-corrected chi connectivity index (χ3v) is 12.7. The molecule has 0 aromatic rings. The van der Waals surface area contributed by atoms with Crippen LogP contribution in [0, 0.1) is 11.3 Å². The van der Waals surface area contributed by atoms with E-state index in [0.29, 0.717) is 24.3 Å². The van der Waals surface area contributed by atoms with Crippen molar-refractivity contribution in [3.05, 3.63) is 0 Å². The zero-order valence-corrected chi connectivity index (χ0v) is 17.3. The minimum absolute atomic E-state index is 0.0987. The van der Waals surface area contributed by atoms with Gasteiger partial charge in [-0.3, -0.25) is 0 Å². The molecule has 6 heteroatoms. The van der Waals surface area contributed by atoms with Crippen molar-refractivity contribution in [2.24, 2.45) is 11.3 Å². The normalized spacial score (nSPS) is 26.2. The molecule has 0 saturated heterocycles. The Balaban J connectivity index is 2.67. The van der Waals surface area contributed by atoms with Gasteiger partial charge >= 0.3 is 0 Å². The fourth-order valence-electron chi connectivity index (χ4n) is 1.76. The van der Waals surface area contributed by atoms with Crippen molar-refractivity contribution < 1.29 is 4.43 Å². The Labute approximate surface area is 139 Å². The average Bonchev–Trinajstić information content (AvgIpc) is 2.70. The molecule has 1 saturated carbocycles. The molecule has 108 valence electrons. The largest absolute Gasteiger partial charge is 0.416 e. The predicted molar refractivity (Wildman–Crippen MR) is 91.1 cm³/mol. The van der Waals surface area contributed by atoms with Crippen molar-refractivity contribution in [3.63, 3.8) is 0 Å². The van der Waals surface area contributed by atoms with E-state index in [-0.39, 0.29) is 13.7 Å².